The van der Waals surface area contributed by atoms with E-state index in [1.165, 1.54) is 0 Å². The second kappa shape index (κ2) is 8.14. The molecule has 0 aromatic rings. The Morgan fingerprint density at radius 2 is 1.87 bits per heavy atom. The summed E-state index contributed by atoms with van der Waals surface area (Å²) in [6.45, 7) is 2.12. The first-order valence-electron chi connectivity index (χ1n) is 4.21. The number of thiocarbonyl (C=S) groups is 2. The van der Waals surface area contributed by atoms with Gasteiger partial charge < -0.3 is 16.0 Å². The van der Waals surface area contributed by atoms with E-state index in [-0.39, 0.29) is 18.6 Å². The summed E-state index contributed by atoms with van der Waals surface area (Å²) in [5, 5.41) is 8.09. The Bertz CT molecular complexity index is 259. The van der Waals surface area contributed by atoms with Crippen LogP contribution >= 0.6 is 49.7 Å². The van der Waals surface area contributed by atoms with Crippen molar-refractivity contribution in [2.24, 2.45) is 0 Å². The standard InChI is InChI=1S/C7H13N3OS4/c1-2-4(10-7(14)15)5(11)8-3-9-6(12)13/h4H,2-3H2,1H3,(H,8,11)(H2,9,12,13)(H2,10,14,15). The molecule has 1 unspecified atom stereocenters. The van der Waals surface area contributed by atoms with Crippen LogP contribution < -0.4 is 16.0 Å². The van der Waals surface area contributed by atoms with Gasteiger partial charge in [-0.15, -0.1) is 25.3 Å². The molecule has 0 spiro atoms. The Morgan fingerprint density at radius 1 is 1.27 bits per heavy atom. The maximum absolute atomic E-state index is 11.5. The van der Waals surface area contributed by atoms with Crippen molar-refractivity contribution in [1.82, 2.24) is 16.0 Å². The van der Waals surface area contributed by atoms with Crippen LogP contribution in [0.3, 0.4) is 0 Å². The van der Waals surface area contributed by atoms with Gasteiger partial charge in [0, 0.05) is 0 Å². The molecule has 0 radical (unpaired) electrons. The van der Waals surface area contributed by atoms with E-state index in [4.69, 9.17) is 12.2 Å². The summed E-state index contributed by atoms with van der Waals surface area (Å²) in [6, 6.07) is -0.370. The number of hydrogen-bond donors (Lipinski definition) is 5. The number of thiol groups is 2. The van der Waals surface area contributed by atoms with E-state index in [1.807, 2.05) is 6.92 Å². The number of carbonyl (C=O) groups is 1. The van der Waals surface area contributed by atoms with Crippen molar-refractivity contribution >= 4 is 64.2 Å². The Balaban J connectivity index is 3.93. The van der Waals surface area contributed by atoms with Gasteiger partial charge in [0.05, 0.1) is 6.67 Å². The van der Waals surface area contributed by atoms with E-state index in [9.17, 15) is 4.79 Å². The Labute approximate surface area is 111 Å². The first-order chi connectivity index (χ1) is 6.97. The molecule has 4 nitrogen and oxygen atoms in total. The van der Waals surface area contributed by atoms with E-state index in [0.29, 0.717) is 15.1 Å². The summed E-state index contributed by atoms with van der Waals surface area (Å²) in [4.78, 5) is 11.5. The Morgan fingerprint density at radius 3 is 2.27 bits per heavy atom. The zero-order chi connectivity index (χ0) is 11.8. The molecule has 8 heteroatoms. The first-order valence-corrected chi connectivity index (χ1v) is 5.92. The van der Waals surface area contributed by atoms with Gasteiger partial charge in [0.15, 0.2) is 0 Å². The van der Waals surface area contributed by atoms with Crippen LogP contribution in [0.4, 0.5) is 0 Å². The molecule has 0 bridgehead atoms. The highest BCUT2D eigenvalue weighted by molar-refractivity contribution is 8.11. The normalized spacial score (nSPS) is 11.4. The molecule has 1 amide bonds. The summed E-state index contributed by atoms with van der Waals surface area (Å²) >= 11 is 17.2. The maximum atomic E-state index is 11.5. The van der Waals surface area contributed by atoms with Crippen molar-refractivity contribution in [1.29, 1.82) is 0 Å². The van der Waals surface area contributed by atoms with E-state index < -0.39 is 0 Å². The van der Waals surface area contributed by atoms with E-state index in [1.54, 1.807) is 0 Å². The number of amides is 1. The topological polar surface area (TPSA) is 53.2 Å². The van der Waals surface area contributed by atoms with Crippen molar-refractivity contribution in [3.05, 3.63) is 0 Å². The van der Waals surface area contributed by atoms with E-state index in [0.717, 1.165) is 0 Å². The second-order valence-electron chi connectivity index (χ2n) is 2.61. The summed E-state index contributed by atoms with van der Waals surface area (Å²) < 4.78 is 0.635. The lowest BCUT2D eigenvalue weighted by atomic mass is 10.2. The molecule has 0 aromatic carbocycles. The lowest BCUT2D eigenvalue weighted by Crippen LogP contribution is -2.47. The number of carbonyl (C=O) groups excluding carboxylic acids is 1. The second-order valence-corrected chi connectivity index (χ2v) is 4.93. The molecule has 1 atom stereocenters. The predicted molar refractivity (Wildman–Crippen MR) is 76.5 cm³/mol. The third-order valence-electron chi connectivity index (χ3n) is 1.52. The average molecular weight is 283 g/mol. The van der Waals surface area contributed by atoms with Gasteiger partial charge in [0.2, 0.25) is 5.91 Å². The van der Waals surface area contributed by atoms with Crippen molar-refractivity contribution < 1.29 is 4.79 Å². The van der Waals surface area contributed by atoms with Crippen LogP contribution in [0.5, 0.6) is 0 Å². The predicted octanol–water partition coefficient (Wildman–Crippen LogP) is 0.447. The quantitative estimate of drug-likeness (QED) is 0.288. The fourth-order valence-electron chi connectivity index (χ4n) is 0.832. The first kappa shape index (κ1) is 14.9. The largest absolute Gasteiger partial charge is 0.360 e. The lowest BCUT2D eigenvalue weighted by Gasteiger charge is -2.16. The highest BCUT2D eigenvalue weighted by Crippen LogP contribution is 1.93. The number of nitrogens with one attached hydrogen (secondary N) is 3. The third-order valence-corrected chi connectivity index (χ3v) is 2.07. The highest BCUT2D eigenvalue weighted by atomic mass is 32.1. The zero-order valence-corrected chi connectivity index (χ0v) is 11.5. The summed E-state index contributed by atoms with van der Waals surface area (Å²) in [5.74, 6) is -0.161. The Hall–Kier alpha value is -0.0500. The molecule has 0 rings (SSSR count). The van der Waals surface area contributed by atoms with Crippen LogP contribution in [0.25, 0.3) is 0 Å². The van der Waals surface area contributed by atoms with Crippen molar-refractivity contribution in [3.63, 3.8) is 0 Å². The van der Waals surface area contributed by atoms with Crippen LogP contribution in [0.2, 0.25) is 0 Å². The number of hydrogen-bond acceptors (Lipinski definition) is 3. The minimum absolute atomic E-state index is 0.161. The van der Waals surface area contributed by atoms with Crippen LogP contribution in [0.15, 0.2) is 0 Å². The third kappa shape index (κ3) is 7.83. The van der Waals surface area contributed by atoms with Crippen LogP contribution in [0.1, 0.15) is 13.3 Å². The molecule has 0 aliphatic rings. The molecular weight excluding hydrogens is 270 g/mol. The molecule has 0 fully saturated rings. The SMILES string of the molecule is CCC(NC(=S)S)C(=O)NCNC(=S)S. The van der Waals surface area contributed by atoms with Crippen LogP contribution in [0, 0.1) is 0 Å². The van der Waals surface area contributed by atoms with Crippen molar-refractivity contribution in [3.8, 4) is 0 Å². The molecule has 0 saturated carbocycles. The summed E-state index contributed by atoms with van der Waals surface area (Å²) in [7, 11) is 0. The minimum Gasteiger partial charge on any atom is -0.360 e. The monoisotopic (exact) mass is 283 g/mol. The lowest BCUT2D eigenvalue weighted by molar-refractivity contribution is -0.122. The number of rotatable bonds is 5. The molecule has 0 aliphatic carbocycles. The van der Waals surface area contributed by atoms with Crippen LogP contribution in [-0.2, 0) is 4.79 Å². The summed E-state index contributed by atoms with van der Waals surface area (Å²) in [6.07, 6.45) is 0.623. The van der Waals surface area contributed by atoms with Gasteiger partial charge in [-0.3, -0.25) is 4.79 Å². The van der Waals surface area contributed by atoms with E-state index >= 15 is 0 Å². The zero-order valence-electron chi connectivity index (χ0n) is 8.11. The fourth-order valence-corrected chi connectivity index (χ4v) is 1.28. The molecule has 0 heterocycles. The molecule has 15 heavy (non-hydrogen) atoms. The van der Waals surface area contributed by atoms with Crippen LogP contribution in [-0.4, -0.2) is 27.3 Å². The van der Waals surface area contributed by atoms with Gasteiger partial charge in [0.1, 0.15) is 14.7 Å². The van der Waals surface area contributed by atoms with Gasteiger partial charge in [0.25, 0.3) is 0 Å². The van der Waals surface area contributed by atoms with Gasteiger partial charge >= 0.3 is 0 Å². The molecule has 86 valence electrons. The average Bonchev–Trinajstić information content (AvgIpc) is 2.13. The van der Waals surface area contributed by atoms with Gasteiger partial charge in [-0.25, -0.2) is 0 Å². The smallest absolute Gasteiger partial charge is 0.243 e. The van der Waals surface area contributed by atoms with Gasteiger partial charge in [-0.2, -0.15) is 0 Å². The molecule has 0 aromatic heterocycles. The minimum atomic E-state index is -0.370. The molecule has 3 N–H and O–H groups in total. The molecular formula is C7H13N3OS4. The van der Waals surface area contributed by atoms with Gasteiger partial charge in [-0.05, 0) is 6.42 Å². The van der Waals surface area contributed by atoms with Crippen molar-refractivity contribution in [2.45, 2.75) is 19.4 Å². The maximum Gasteiger partial charge on any atom is 0.243 e. The van der Waals surface area contributed by atoms with Crippen molar-refractivity contribution in [2.75, 3.05) is 6.67 Å². The molecule has 0 aliphatic heterocycles. The van der Waals surface area contributed by atoms with Gasteiger partial charge in [-0.1, -0.05) is 31.4 Å². The fraction of sp³-hybridized carbons (Fsp3) is 0.571. The summed E-state index contributed by atoms with van der Waals surface area (Å²) in [5.41, 5.74) is 0. The molecule has 0 saturated heterocycles. The Kier molecular flexibility index (Phi) is 8.12. The highest BCUT2D eigenvalue weighted by Gasteiger charge is 2.15. The van der Waals surface area contributed by atoms with E-state index in [2.05, 4.69) is 53.4 Å².